The number of aromatic amines is 1. The van der Waals surface area contributed by atoms with Crippen molar-refractivity contribution in [3.8, 4) is 17.1 Å². The first-order chi connectivity index (χ1) is 15.5. The first-order valence-electron chi connectivity index (χ1n) is 9.58. The number of benzene rings is 3. The molecule has 0 aliphatic carbocycles. The largest absolute Gasteiger partial charge is 0.495 e. The molecule has 1 aromatic heterocycles. The number of ether oxygens (including phenoxy) is 1. The van der Waals surface area contributed by atoms with Gasteiger partial charge in [-0.1, -0.05) is 65.8 Å². The van der Waals surface area contributed by atoms with Gasteiger partial charge in [-0.25, -0.2) is 9.37 Å². The smallest absolute Gasteiger partial charge is 0.242 e. The fourth-order valence-electron chi connectivity index (χ4n) is 3.03. The van der Waals surface area contributed by atoms with Gasteiger partial charge in [0, 0.05) is 5.69 Å². The van der Waals surface area contributed by atoms with Crippen molar-refractivity contribution in [3.63, 3.8) is 0 Å². The van der Waals surface area contributed by atoms with E-state index in [0.29, 0.717) is 33.0 Å². The van der Waals surface area contributed by atoms with Gasteiger partial charge in [0.1, 0.15) is 16.8 Å². The zero-order chi connectivity index (χ0) is 22.5. The number of rotatable bonds is 7. The number of thioether (sulfide) groups is 1. The molecule has 0 radical (unpaired) electrons. The molecule has 4 aromatic rings. The van der Waals surface area contributed by atoms with E-state index in [0.717, 1.165) is 17.3 Å². The number of nitrogens with zero attached hydrogens (tertiary/aromatic N) is 2. The summed E-state index contributed by atoms with van der Waals surface area (Å²) in [6.45, 7) is 0. The molecule has 6 nitrogen and oxygen atoms in total. The molecular formula is C23H18ClFN4O2S. The van der Waals surface area contributed by atoms with Gasteiger partial charge in [-0.3, -0.25) is 9.89 Å². The predicted octanol–water partition coefficient (Wildman–Crippen LogP) is 5.74. The SMILES string of the molecule is COc1ccc(NC(=O)C(Sc2n[nH]c(-c3ccccc3F)n2)c2ccccc2)cc1Cl. The van der Waals surface area contributed by atoms with Crippen LogP contribution in [0.5, 0.6) is 5.75 Å². The maximum Gasteiger partial charge on any atom is 0.242 e. The minimum absolute atomic E-state index is 0.278. The number of H-pyrrole nitrogens is 1. The lowest BCUT2D eigenvalue weighted by Gasteiger charge is -2.16. The molecule has 0 spiro atoms. The van der Waals surface area contributed by atoms with Crippen molar-refractivity contribution >= 4 is 35.0 Å². The van der Waals surface area contributed by atoms with E-state index in [1.165, 1.54) is 13.2 Å². The van der Waals surface area contributed by atoms with Gasteiger partial charge < -0.3 is 10.1 Å². The van der Waals surface area contributed by atoms with Crippen LogP contribution in [0.3, 0.4) is 0 Å². The highest BCUT2D eigenvalue weighted by atomic mass is 35.5. The van der Waals surface area contributed by atoms with E-state index in [1.807, 2.05) is 30.3 Å². The van der Waals surface area contributed by atoms with Crippen LogP contribution >= 0.6 is 23.4 Å². The van der Waals surface area contributed by atoms with Gasteiger partial charge in [-0.2, -0.15) is 0 Å². The molecule has 1 atom stereocenters. The van der Waals surface area contributed by atoms with Gasteiger partial charge in [0.15, 0.2) is 5.82 Å². The fraction of sp³-hybridized carbons (Fsp3) is 0.0870. The van der Waals surface area contributed by atoms with Crippen LogP contribution in [0, 0.1) is 5.82 Å². The van der Waals surface area contributed by atoms with Crippen molar-refractivity contribution in [1.82, 2.24) is 15.2 Å². The van der Waals surface area contributed by atoms with Gasteiger partial charge in [0.2, 0.25) is 11.1 Å². The van der Waals surface area contributed by atoms with Crippen LogP contribution in [0.1, 0.15) is 10.8 Å². The summed E-state index contributed by atoms with van der Waals surface area (Å²) in [5.41, 5.74) is 1.61. The Labute approximate surface area is 193 Å². The zero-order valence-electron chi connectivity index (χ0n) is 16.9. The first-order valence-corrected chi connectivity index (χ1v) is 10.8. The molecule has 2 N–H and O–H groups in total. The third-order valence-corrected chi connectivity index (χ3v) is 5.99. The summed E-state index contributed by atoms with van der Waals surface area (Å²) in [6.07, 6.45) is 0. The van der Waals surface area contributed by atoms with Gasteiger partial charge in [-0.15, -0.1) is 5.10 Å². The lowest BCUT2D eigenvalue weighted by molar-refractivity contribution is -0.115. The number of hydrogen-bond donors (Lipinski definition) is 2. The minimum Gasteiger partial charge on any atom is -0.495 e. The number of halogens is 2. The first kappa shape index (κ1) is 21.9. The molecule has 1 heterocycles. The molecule has 0 fully saturated rings. The van der Waals surface area contributed by atoms with Crippen LogP contribution in [0.25, 0.3) is 11.4 Å². The van der Waals surface area contributed by atoms with Gasteiger partial charge in [-0.05, 0) is 35.9 Å². The lowest BCUT2D eigenvalue weighted by atomic mass is 10.1. The molecule has 32 heavy (non-hydrogen) atoms. The van der Waals surface area contributed by atoms with Gasteiger partial charge >= 0.3 is 0 Å². The number of anilines is 1. The van der Waals surface area contributed by atoms with Crippen LogP contribution in [-0.2, 0) is 4.79 Å². The summed E-state index contributed by atoms with van der Waals surface area (Å²) in [5.74, 6) is 0.119. The van der Waals surface area contributed by atoms with E-state index in [4.69, 9.17) is 16.3 Å². The van der Waals surface area contributed by atoms with Crippen molar-refractivity contribution in [2.24, 2.45) is 0 Å². The van der Waals surface area contributed by atoms with Crippen molar-refractivity contribution in [2.75, 3.05) is 12.4 Å². The van der Waals surface area contributed by atoms with E-state index in [2.05, 4.69) is 20.5 Å². The summed E-state index contributed by atoms with van der Waals surface area (Å²) in [7, 11) is 1.52. The second kappa shape index (κ2) is 9.84. The number of carbonyl (C=O) groups excluding carboxylic acids is 1. The highest BCUT2D eigenvalue weighted by Gasteiger charge is 2.25. The summed E-state index contributed by atoms with van der Waals surface area (Å²) >= 11 is 7.33. The van der Waals surface area contributed by atoms with E-state index in [-0.39, 0.29) is 5.91 Å². The number of aromatic nitrogens is 3. The molecule has 0 saturated heterocycles. The maximum atomic E-state index is 14.1. The van der Waals surface area contributed by atoms with E-state index < -0.39 is 11.1 Å². The lowest BCUT2D eigenvalue weighted by Crippen LogP contribution is -2.19. The number of hydrogen-bond acceptors (Lipinski definition) is 5. The van der Waals surface area contributed by atoms with Crippen molar-refractivity contribution in [2.45, 2.75) is 10.4 Å². The highest BCUT2D eigenvalue weighted by molar-refractivity contribution is 8.00. The Morgan fingerprint density at radius 3 is 2.59 bits per heavy atom. The molecule has 1 unspecified atom stereocenters. The number of amides is 1. The van der Waals surface area contributed by atoms with E-state index in [9.17, 15) is 9.18 Å². The Morgan fingerprint density at radius 2 is 1.88 bits per heavy atom. The van der Waals surface area contributed by atoms with E-state index in [1.54, 1.807) is 36.4 Å². The van der Waals surface area contributed by atoms with Crippen molar-refractivity contribution < 1.29 is 13.9 Å². The van der Waals surface area contributed by atoms with Crippen LogP contribution in [0.15, 0.2) is 78.0 Å². The molecule has 0 aliphatic rings. The van der Waals surface area contributed by atoms with Crippen molar-refractivity contribution in [3.05, 3.63) is 89.2 Å². The zero-order valence-corrected chi connectivity index (χ0v) is 18.5. The average molecular weight is 469 g/mol. The number of nitrogens with one attached hydrogen (secondary N) is 2. The summed E-state index contributed by atoms with van der Waals surface area (Å²) in [5, 5.41) is 9.84. The third kappa shape index (κ3) is 4.92. The Balaban J connectivity index is 1.59. The minimum atomic E-state index is -0.652. The second-order valence-electron chi connectivity index (χ2n) is 6.69. The van der Waals surface area contributed by atoms with Crippen LogP contribution in [0.2, 0.25) is 5.02 Å². The molecule has 162 valence electrons. The van der Waals surface area contributed by atoms with Crippen LogP contribution < -0.4 is 10.1 Å². The third-order valence-electron chi connectivity index (χ3n) is 4.58. The highest BCUT2D eigenvalue weighted by Crippen LogP contribution is 2.36. The molecule has 9 heteroatoms. The molecule has 1 amide bonds. The number of methoxy groups -OCH3 is 1. The molecule has 0 bridgehead atoms. The maximum absolute atomic E-state index is 14.1. The molecule has 3 aromatic carbocycles. The Kier molecular flexibility index (Phi) is 6.72. The molecule has 0 aliphatic heterocycles. The summed E-state index contributed by atoms with van der Waals surface area (Å²) in [6, 6.07) is 20.6. The van der Waals surface area contributed by atoms with Crippen LogP contribution in [-0.4, -0.2) is 28.2 Å². The van der Waals surface area contributed by atoms with Gasteiger partial charge in [0.05, 0.1) is 17.7 Å². The Morgan fingerprint density at radius 1 is 1.12 bits per heavy atom. The monoisotopic (exact) mass is 468 g/mol. The normalized spacial score (nSPS) is 11.7. The second-order valence-corrected chi connectivity index (χ2v) is 8.17. The van der Waals surface area contributed by atoms with Crippen LogP contribution in [0.4, 0.5) is 10.1 Å². The number of carbonyl (C=O) groups is 1. The molecule has 4 rings (SSSR count). The molecule has 0 saturated carbocycles. The standard InChI is InChI=1S/C23H18ClFN4O2S/c1-31-19-12-11-15(13-17(19)24)26-22(30)20(14-7-3-2-4-8-14)32-23-27-21(28-29-23)16-9-5-6-10-18(16)25/h2-13,20H,1H3,(H,26,30)(H,27,28,29). The summed E-state index contributed by atoms with van der Waals surface area (Å²) < 4.78 is 19.2. The Bertz CT molecular complexity index is 1240. The van der Waals surface area contributed by atoms with Gasteiger partial charge in [0.25, 0.3) is 0 Å². The van der Waals surface area contributed by atoms with Crippen molar-refractivity contribution in [1.29, 1.82) is 0 Å². The quantitative estimate of drug-likeness (QED) is 0.338. The topological polar surface area (TPSA) is 79.9 Å². The van der Waals surface area contributed by atoms with E-state index >= 15 is 0 Å². The summed E-state index contributed by atoms with van der Waals surface area (Å²) in [4.78, 5) is 17.6. The predicted molar refractivity (Wildman–Crippen MR) is 123 cm³/mol. The molecular weight excluding hydrogens is 451 g/mol. The Hall–Kier alpha value is -3.36. The fourth-order valence-corrected chi connectivity index (χ4v) is 4.20. The average Bonchev–Trinajstić information content (AvgIpc) is 3.27.